The average molecular weight is 263 g/mol. The molecule has 0 spiro atoms. The van der Waals surface area contributed by atoms with E-state index in [2.05, 4.69) is 57.3 Å². The van der Waals surface area contributed by atoms with Crippen LogP contribution in [0.15, 0.2) is 24.3 Å². The third kappa shape index (κ3) is 6.63. The van der Waals surface area contributed by atoms with Crippen LogP contribution in [0, 0.1) is 11.8 Å². The van der Waals surface area contributed by atoms with E-state index in [0.717, 1.165) is 11.8 Å². The molecule has 0 aliphatic rings. The first-order valence-electron chi connectivity index (χ1n) is 7.35. The summed E-state index contributed by atoms with van der Waals surface area (Å²) in [6, 6.07) is 9.09. The highest BCUT2D eigenvalue weighted by Gasteiger charge is 2.12. The van der Waals surface area contributed by atoms with Gasteiger partial charge in [-0.1, -0.05) is 39.8 Å². The van der Waals surface area contributed by atoms with E-state index in [1.807, 2.05) is 0 Å². The van der Waals surface area contributed by atoms with Crippen LogP contribution in [-0.2, 0) is 11.3 Å². The Balaban J connectivity index is 2.68. The van der Waals surface area contributed by atoms with Crippen LogP contribution in [0.25, 0.3) is 0 Å². The van der Waals surface area contributed by atoms with Gasteiger partial charge in [-0.25, -0.2) is 0 Å². The van der Waals surface area contributed by atoms with Crippen LogP contribution in [0.4, 0.5) is 5.69 Å². The maximum atomic E-state index is 5.19. The molecular formula is C17H29NO. The van der Waals surface area contributed by atoms with Crippen molar-refractivity contribution < 1.29 is 4.74 Å². The number of nitrogens with one attached hydrogen (secondary N) is 1. The van der Waals surface area contributed by atoms with Crippen molar-refractivity contribution in [3.8, 4) is 0 Å². The van der Waals surface area contributed by atoms with Gasteiger partial charge in [-0.3, -0.25) is 0 Å². The molecule has 2 heteroatoms. The van der Waals surface area contributed by atoms with Crippen molar-refractivity contribution in [2.45, 2.75) is 53.2 Å². The molecule has 2 nitrogen and oxygen atoms in total. The minimum atomic E-state index is 0.554. The third-order valence-corrected chi connectivity index (χ3v) is 3.12. The summed E-state index contributed by atoms with van der Waals surface area (Å²) in [4.78, 5) is 0. The van der Waals surface area contributed by atoms with Gasteiger partial charge in [-0.15, -0.1) is 0 Å². The van der Waals surface area contributed by atoms with Gasteiger partial charge in [-0.05, 0) is 42.4 Å². The van der Waals surface area contributed by atoms with Crippen molar-refractivity contribution in [3.63, 3.8) is 0 Å². The SMILES string of the molecule is COCc1cccc(NC(CC(C)C)CC(C)C)c1. The van der Waals surface area contributed by atoms with Gasteiger partial charge in [0.1, 0.15) is 0 Å². The van der Waals surface area contributed by atoms with Gasteiger partial charge in [-0.2, -0.15) is 0 Å². The standard InChI is InChI=1S/C17H29NO/c1-13(2)9-17(10-14(3)4)18-16-8-6-7-15(11-16)12-19-5/h6-8,11,13-14,17-18H,9-10,12H2,1-5H3. The van der Waals surface area contributed by atoms with Crippen molar-refractivity contribution in [1.82, 2.24) is 0 Å². The van der Waals surface area contributed by atoms with E-state index in [1.54, 1.807) is 7.11 Å². The first-order valence-corrected chi connectivity index (χ1v) is 7.35. The predicted octanol–water partition coefficient (Wildman–Crippen LogP) is 4.71. The highest BCUT2D eigenvalue weighted by atomic mass is 16.5. The van der Waals surface area contributed by atoms with E-state index in [9.17, 15) is 0 Å². The molecule has 0 bridgehead atoms. The maximum absolute atomic E-state index is 5.19. The topological polar surface area (TPSA) is 21.3 Å². The number of methoxy groups -OCH3 is 1. The molecular weight excluding hydrogens is 234 g/mol. The number of benzene rings is 1. The van der Waals surface area contributed by atoms with E-state index in [4.69, 9.17) is 4.74 Å². The third-order valence-electron chi connectivity index (χ3n) is 3.12. The van der Waals surface area contributed by atoms with Crippen molar-refractivity contribution in [2.75, 3.05) is 12.4 Å². The number of rotatable bonds is 8. The fourth-order valence-electron chi connectivity index (χ4n) is 2.51. The second-order valence-corrected chi connectivity index (χ2v) is 6.23. The Labute approximate surface area is 118 Å². The summed E-state index contributed by atoms with van der Waals surface area (Å²) < 4.78 is 5.19. The van der Waals surface area contributed by atoms with Gasteiger partial charge in [0.2, 0.25) is 0 Å². The molecule has 0 aromatic heterocycles. The Morgan fingerprint density at radius 2 is 1.68 bits per heavy atom. The van der Waals surface area contributed by atoms with E-state index >= 15 is 0 Å². The molecule has 0 atom stereocenters. The lowest BCUT2D eigenvalue weighted by atomic mass is 9.95. The summed E-state index contributed by atoms with van der Waals surface area (Å²) in [5, 5.41) is 3.68. The minimum absolute atomic E-state index is 0.554. The highest BCUT2D eigenvalue weighted by Crippen LogP contribution is 2.20. The van der Waals surface area contributed by atoms with Crippen LogP contribution in [0.2, 0.25) is 0 Å². The summed E-state index contributed by atoms with van der Waals surface area (Å²) in [6.07, 6.45) is 2.43. The number of anilines is 1. The van der Waals surface area contributed by atoms with E-state index < -0.39 is 0 Å². The lowest BCUT2D eigenvalue weighted by molar-refractivity contribution is 0.185. The Morgan fingerprint density at radius 3 is 2.21 bits per heavy atom. The van der Waals surface area contributed by atoms with E-state index in [1.165, 1.54) is 24.1 Å². The Kier molecular flexibility index (Phi) is 6.93. The van der Waals surface area contributed by atoms with Crippen LogP contribution >= 0.6 is 0 Å². The van der Waals surface area contributed by atoms with E-state index in [0.29, 0.717) is 12.6 Å². The maximum Gasteiger partial charge on any atom is 0.0713 e. The summed E-state index contributed by atoms with van der Waals surface area (Å²) in [5.41, 5.74) is 2.43. The van der Waals surface area contributed by atoms with Gasteiger partial charge >= 0.3 is 0 Å². The lowest BCUT2D eigenvalue weighted by Crippen LogP contribution is -2.23. The van der Waals surface area contributed by atoms with Crippen molar-refractivity contribution in [3.05, 3.63) is 29.8 Å². The first-order chi connectivity index (χ1) is 9.01. The van der Waals surface area contributed by atoms with Gasteiger partial charge < -0.3 is 10.1 Å². The second-order valence-electron chi connectivity index (χ2n) is 6.23. The van der Waals surface area contributed by atoms with Gasteiger partial charge in [0, 0.05) is 18.8 Å². The minimum Gasteiger partial charge on any atom is -0.382 e. The Bertz CT molecular complexity index is 350. The van der Waals surface area contributed by atoms with Crippen molar-refractivity contribution >= 4 is 5.69 Å². The second kappa shape index (κ2) is 8.21. The number of hydrogen-bond donors (Lipinski definition) is 1. The molecule has 0 saturated carbocycles. The molecule has 0 heterocycles. The van der Waals surface area contributed by atoms with Gasteiger partial charge in [0.25, 0.3) is 0 Å². The quantitative estimate of drug-likeness (QED) is 0.733. The molecule has 0 aliphatic carbocycles. The number of hydrogen-bond acceptors (Lipinski definition) is 2. The van der Waals surface area contributed by atoms with Crippen LogP contribution in [0.5, 0.6) is 0 Å². The lowest BCUT2D eigenvalue weighted by Gasteiger charge is -2.23. The molecule has 1 aromatic rings. The zero-order valence-electron chi connectivity index (χ0n) is 13.1. The zero-order valence-corrected chi connectivity index (χ0v) is 13.1. The summed E-state index contributed by atoms with van der Waals surface area (Å²) in [6.45, 7) is 9.83. The molecule has 0 radical (unpaired) electrons. The van der Waals surface area contributed by atoms with Crippen LogP contribution in [0.3, 0.4) is 0 Å². The van der Waals surface area contributed by atoms with Gasteiger partial charge in [0.15, 0.2) is 0 Å². The van der Waals surface area contributed by atoms with Gasteiger partial charge in [0.05, 0.1) is 6.61 Å². The Hall–Kier alpha value is -1.02. The molecule has 1 aromatic carbocycles. The zero-order chi connectivity index (χ0) is 14.3. The molecule has 0 amide bonds. The highest BCUT2D eigenvalue weighted by molar-refractivity contribution is 5.46. The van der Waals surface area contributed by atoms with Crippen molar-refractivity contribution in [2.24, 2.45) is 11.8 Å². The monoisotopic (exact) mass is 263 g/mol. The smallest absolute Gasteiger partial charge is 0.0713 e. The average Bonchev–Trinajstić information content (AvgIpc) is 2.27. The largest absolute Gasteiger partial charge is 0.382 e. The molecule has 0 fully saturated rings. The molecule has 1 rings (SSSR count). The molecule has 0 unspecified atom stereocenters. The Morgan fingerprint density at radius 1 is 1.05 bits per heavy atom. The first kappa shape index (κ1) is 16.0. The summed E-state index contributed by atoms with van der Waals surface area (Å²) in [5.74, 6) is 1.44. The number of ether oxygens (including phenoxy) is 1. The van der Waals surface area contributed by atoms with Crippen LogP contribution in [0.1, 0.15) is 46.1 Å². The van der Waals surface area contributed by atoms with Crippen LogP contribution < -0.4 is 5.32 Å². The molecule has 1 N–H and O–H groups in total. The van der Waals surface area contributed by atoms with E-state index in [-0.39, 0.29) is 0 Å². The van der Waals surface area contributed by atoms with Crippen molar-refractivity contribution in [1.29, 1.82) is 0 Å². The van der Waals surface area contributed by atoms with Crippen LogP contribution in [-0.4, -0.2) is 13.2 Å². The molecule has 0 aliphatic heterocycles. The fourth-order valence-corrected chi connectivity index (χ4v) is 2.51. The molecule has 108 valence electrons. The molecule has 0 saturated heterocycles. The normalized spacial score (nSPS) is 11.6. The predicted molar refractivity (Wildman–Crippen MR) is 83.5 cm³/mol. The molecule has 19 heavy (non-hydrogen) atoms. The summed E-state index contributed by atoms with van der Waals surface area (Å²) in [7, 11) is 1.74. The fraction of sp³-hybridized carbons (Fsp3) is 0.647. The summed E-state index contributed by atoms with van der Waals surface area (Å²) >= 11 is 0.